The summed E-state index contributed by atoms with van der Waals surface area (Å²) in [6.07, 6.45) is -4.16. The second-order valence-corrected chi connectivity index (χ2v) is 8.65. The number of rotatable bonds is 6. The highest BCUT2D eigenvalue weighted by Crippen LogP contribution is 2.40. The van der Waals surface area contributed by atoms with Gasteiger partial charge in [0.15, 0.2) is 0 Å². The summed E-state index contributed by atoms with van der Waals surface area (Å²) in [7, 11) is 0. The standard InChI is InChI=1S/C20H22F3N3O2S/c1-10-5-4-6-13(7-10)17-16(25-12(3)29-17)18(27)26-15(14-8-11(14)2)9-24-19(28)20(21,22)23/h4-7,11,14-15H,8-9H2,1-3H3,(H,24,28)(H,26,27)/t11-,14+,15+/m0/s1. The third kappa shape index (κ3) is 5.14. The van der Waals surface area contributed by atoms with E-state index in [1.54, 1.807) is 6.92 Å². The molecule has 2 N–H and O–H groups in total. The van der Waals surface area contributed by atoms with Crippen molar-refractivity contribution < 1.29 is 22.8 Å². The molecule has 0 aliphatic heterocycles. The van der Waals surface area contributed by atoms with E-state index in [0.29, 0.717) is 9.88 Å². The molecule has 1 aliphatic carbocycles. The third-order valence-corrected chi connectivity index (χ3v) is 5.99. The summed E-state index contributed by atoms with van der Waals surface area (Å²) in [5, 5.41) is 5.39. The van der Waals surface area contributed by atoms with Crippen LogP contribution in [0.5, 0.6) is 0 Å². The Kier molecular flexibility index (Phi) is 5.97. The van der Waals surface area contributed by atoms with Gasteiger partial charge < -0.3 is 10.6 Å². The van der Waals surface area contributed by atoms with Gasteiger partial charge >= 0.3 is 12.1 Å². The van der Waals surface area contributed by atoms with E-state index in [9.17, 15) is 22.8 Å². The van der Waals surface area contributed by atoms with Crippen molar-refractivity contribution in [3.8, 4) is 10.4 Å². The van der Waals surface area contributed by atoms with Crippen LogP contribution < -0.4 is 10.6 Å². The third-order valence-electron chi connectivity index (χ3n) is 4.97. The van der Waals surface area contributed by atoms with Crippen LogP contribution in [0.4, 0.5) is 13.2 Å². The summed E-state index contributed by atoms with van der Waals surface area (Å²) in [4.78, 5) is 29.1. The Labute approximate surface area is 170 Å². The van der Waals surface area contributed by atoms with E-state index in [0.717, 1.165) is 17.5 Å². The molecular weight excluding hydrogens is 403 g/mol. The van der Waals surface area contributed by atoms with Crippen LogP contribution in [0.2, 0.25) is 0 Å². The van der Waals surface area contributed by atoms with Crippen molar-refractivity contribution >= 4 is 23.2 Å². The first-order chi connectivity index (χ1) is 13.6. The molecule has 1 aromatic heterocycles. The van der Waals surface area contributed by atoms with E-state index in [1.807, 2.05) is 43.4 Å². The minimum absolute atomic E-state index is 0.0228. The smallest absolute Gasteiger partial charge is 0.346 e. The van der Waals surface area contributed by atoms with Gasteiger partial charge in [-0.05, 0) is 37.7 Å². The first kappa shape index (κ1) is 21.3. The molecule has 2 aromatic rings. The Hall–Kier alpha value is -2.42. The van der Waals surface area contributed by atoms with E-state index in [1.165, 1.54) is 11.3 Å². The molecule has 0 saturated heterocycles. The van der Waals surface area contributed by atoms with Crippen molar-refractivity contribution in [1.29, 1.82) is 0 Å². The average Bonchev–Trinajstić information content (AvgIpc) is 3.22. The summed E-state index contributed by atoms with van der Waals surface area (Å²) >= 11 is 1.39. The maximum atomic E-state index is 12.9. The molecule has 3 rings (SSSR count). The van der Waals surface area contributed by atoms with Gasteiger partial charge in [0.2, 0.25) is 0 Å². The quantitative estimate of drug-likeness (QED) is 0.738. The molecule has 0 spiro atoms. The highest BCUT2D eigenvalue weighted by atomic mass is 32.1. The Bertz CT molecular complexity index is 926. The van der Waals surface area contributed by atoms with Gasteiger partial charge in [-0.1, -0.05) is 36.8 Å². The Morgan fingerprint density at radius 3 is 2.59 bits per heavy atom. The molecule has 5 nitrogen and oxygen atoms in total. The number of amides is 2. The minimum Gasteiger partial charge on any atom is -0.346 e. The minimum atomic E-state index is -4.95. The predicted molar refractivity (Wildman–Crippen MR) is 105 cm³/mol. The lowest BCUT2D eigenvalue weighted by atomic mass is 10.1. The normalized spacial score (nSPS) is 19.5. The van der Waals surface area contributed by atoms with Gasteiger partial charge in [-0.2, -0.15) is 13.2 Å². The Morgan fingerprint density at radius 1 is 1.31 bits per heavy atom. The van der Waals surface area contributed by atoms with Gasteiger partial charge in [-0.15, -0.1) is 11.3 Å². The second kappa shape index (κ2) is 8.14. The van der Waals surface area contributed by atoms with Crippen molar-refractivity contribution in [3.63, 3.8) is 0 Å². The van der Waals surface area contributed by atoms with Crippen molar-refractivity contribution in [2.24, 2.45) is 11.8 Å². The summed E-state index contributed by atoms with van der Waals surface area (Å²) in [5.74, 6) is -2.16. The van der Waals surface area contributed by atoms with Crippen LogP contribution in [0.25, 0.3) is 10.4 Å². The molecule has 2 amide bonds. The zero-order valence-corrected chi connectivity index (χ0v) is 17.1. The van der Waals surface area contributed by atoms with Crippen LogP contribution in [-0.4, -0.2) is 35.6 Å². The molecule has 156 valence electrons. The first-order valence-corrected chi connectivity index (χ1v) is 10.1. The molecular formula is C20H22F3N3O2S. The van der Waals surface area contributed by atoms with Crippen LogP contribution in [0.1, 0.15) is 34.4 Å². The van der Waals surface area contributed by atoms with E-state index >= 15 is 0 Å². The molecule has 0 bridgehead atoms. The molecule has 0 radical (unpaired) electrons. The second-order valence-electron chi connectivity index (χ2n) is 7.44. The lowest BCUT2D eigenvalue weighted by molar-refractivity contribution is -0.173. The van der Waals surface area contributed by atoms with Crippen molar-refractivity contribution in [3.05, 3.63) is 40.5 Å². The van der Waals surface area contributed by atoms with Gasteiger partial charge in [0.1, 0.15) is 5.69 Å². The van der Waals surface area contributed by atoms with Gasteiger partial charge in [0, 0.05) is 12.6 Å². The zero-order chi connectivity index (χ0) is 21.3. The molecule has 0 unspecified atom stereocenters. The van der Waals surface area contributed by atoms with Gasteiger partial charge in [-0.25, -0.2) is 4.98 Å². The largest absolute Gasteiger partial charge is 0.471 e. The van der Waals surface area contributed by atoms with Crippen LogP contribution in [0.15, 0.2) is 24.3 Å². The van der Waals surface area contributed by atoms with Gasteiger partial charge in [0.25, 0.3) is 5.91 Å². The molecule has 1 aliphatic rings. The number of hydrogen-bond donors (Lipinski definition) is 2. The molecule has 3 atom stereocenters. The molecule has 1 aromatic carbocycles. The number of aryl methyl sites for hydroxylation is 2. The number of hydrogen-bond acceptors (Lipinski definition) is 4. The number of carbonyl (C=O) groups is 2. The number of halogens is 3. The van der Waals surface area contributed by atoms with E-state index in [2.05, 4.69) is 10.3 Å². The molecule has 29 heavy (non-hydrogen) atoms. The predicted octanol–water partition coefficient (Wildman–Crippen LogP) is 3.86. The maximum Gasteiger partial charge on any atom is 0.471 e. The summed E-state index contributed by atoms with van der Waals surface area (Å²) in [6.45, 7) is 5.43. The van der Waals surface area contributed by atoms with Crippen molar-refractivity contribution in [2.45, 2.75) is 39.4 Å². The van der Waals surface area contributed by atoms with Crippen LogP contribution in [0, 0.1) is 25.7 Å². The highest BCUT2D eigenvalue weighted by molar-refractivity contribution is 7.15. The molecule has 1 fully saturated rings. The first-order valence-electron chi connectivity index (χ1n) is 9.26. The number of thiazole rings is 1. The number of aromatic nitrogens is 1. The SMILES string of the molecule is Cc1cccc(-c2sc(C)nc2C(=O)N[C@H](CNC(=O)C(F)(F)F)[C@@H]2C[C@@H]2C)c1. The Morgan fingerprint density at radius 2 is 2.00 bits per heavy atom. The monoisotopic (exact) mass is 425 g/mol. The van der Waals surface area contributed by atoms with Crippen LogP contribution in [-0.2, 0) is 4.79 Å². The number of alkyl halides is 3. The number of nitrogens with zero attached hydrogens (tertiary/aromatic N) is 1. The summed E-state index contributed by atoms with van der Waals surface area (Å²) < 4.78 is 37.5. The lowest BCUT2D eigenvalue weighted by Gasteiger charge is -2.20. The number of benzene rings is 1. The van der Waals surface area contributed by atoms with E-state index in [-0.39, 0.29) is 24.1 Å². The lowest BCUT2D eigenvalue weighted by Crippen LogP contribution is -2.48. The average molecular weight is 425 g/mol. The van der Waals surface area contributed by atoms with Crippen molar-refractivity contribution in [1.82, 2.24) is 15.6 Å². The van der Waals surface area contributed by atoms with Crippen LogP contribution >= 0.6 is 11.3 Å². The fraction of sp³-hybridized carbons (Fsp3) is 0.450. The fourth-order valence-corrected chi connectivity index (χ4v) is 4.24. The molecule has 9 heteroatoms. The summed E-state index contributed by atoms with van der Waals surface area (Å²) in [5.41, 5.74) is 2.15. The van der Waals surface area contributed by atoms with E-state index in [4.69, 9.17) is 0 Å². The fourth-order valence-electron chi connectivity index (χ4n) is 3.32. The Balaban J connectivity index is 1.78. The van der Waals surface area contributed by atoms with Gasteiger partial charge in [0.05, 0.1) is 9.88 Å². The highest BCUT2D eigenvalue weighted by Gasteiger charge is 2.43. The maximum absolute atomic E-state index is 12.9. The van der Waals surface area contributed by atoms with Crippen molar-refractivity contribution in [2.75, 3.05) is 6.54 Å². The topological polar surface area (TPSA) is 71.1 Å². The zero-order valence-electron chi connectivity index (χ0n) is 16.3. The molecule has 1 saturated carbocycles. The van der Waals surface area contributed by atoms with E-state index < -0.39 is 24.0 Å². The molecule has 1 heterocycles. The van der Waals surface area contributed by atoms with Crippen LogP contribution in [0.3, 0.4) is 0 Å². The number of nitrogens with one attached hydrogen (secondary N) is 2. The van der Waals surface area contributed by atoms with Gasteiger partial charge in [-0.3, -0.25) is 9.59 Å². The number of carbonyl (C=O) groups excluding carboxylic acids is 2. The summed E-state index contributed by atoms with van der Waals surface area (Å²) in [6, 6.07) is 7.10.